The van der Waals surface area contributed by atoms with E-state index in [0.29, 0.717) is 41.0 Å². The van der Waals surface area contributed by atoms with Crippen LogP contribution in [0.15, 0.2) is 48.7 Å². The molecule has 3 aliphatic heterocycles. The summed E-state index contributed by atoms with van der Waals surface area (Å²) in [5.41, 5.74) is 2.28. The highest BCUT2D eigenvalue weighted by Crippen LogP contribution is 2.42. The van der Waals surface area contributed by atoms with E-state index in [9.17, 15) is 4.79 Å². The minimum Gasteiger partial charge on any atom is -0.502 e. The first-order chi connectivity index (χ1) is 24.3. The summed E-state index contributed by atoms with van der Waals surface area (Å²) in [6.45, 7) is 25.4. The van der Waals surface area contributed by atoms with E-state index in [2.05, 4.69) is 38.4 Å². The third-order valence-electron chi connectivity index (χ3n) is 9.89. The van der Waals surface area contributed by atoms with Gasteiger partial charge in [-0.2, -0.15) is 0 Å². The molecule has 13 heteroatoms. The molecule has 3 aromatic rings. The number of anilines is 1. The van der Waals surface area contributed by atoms with Crippen LogP contribution < -0.4 is 14.4 Å². The molecular weight excluding hydrogens is 689 g/mol. The molecule has 3 saturated heterocycles. The lowest BCUT2D eigenvalue weighted by atomic mass is 9.78. The lowest BCUT2D eigenvalue weighted by Gasteiger charge is -2.54. The molecule has 0 aliphatic carbocycles. The minimum absolute atomic E-state index is 0.212. The highest BCUT2D eigenvalue weighted by atomic mass is 35.5. The molecule has 1 aromatic heterocycles. The van der Waals surface area contributed by atoms with Crippen LogP contribution in [0.25, 0.3) is 4.85 Å². The number of amides is 1. The SMILES string of the molecule is [C-]#[N+]c1cc(C(C)(C)c2ccc(OCc3ccnc(N4CCN(C5CN(C6CN(C(=O)OC(C)(C)C)C6)C5)CC4)n3)cc2)cc(Cl)c1OCCCl. The second-order valence-corrected chi connectivity index (χ2v) is 15.7. The quantitative estimate of drug-likeness (QED) is 0.159. The first-order valence-corrected chi connectivity index (χ1v) is 18.4. The molecule has 0 radical (unpaired) electrons. The summed E-state index contributed by atoms with van der Waals surface area (Å²) in [5.74, 6) is 2.15. The fourth-order valence-electron chi connectivity index (χ4n) is 6.68. The summed E-state index contributed by atoms with van der Waals surface area (Å²) in [7, 11) is 0. The molecule has 6 rings (SSSR count). The highest BCUT2D eigenvalue weighted by Gasteiger charge is 2.43. The van der Waals surface area contributed by atoms with Gasteiger partial charge in [-0.1, -0.05) is 37.6 Å². The number of hydrogen-bond acceptors (Lipinski definition) is 9. The summed E-state index contributed by atoms with van der Waals surface area (Å²) in [4.78, 5) is 34.4. The Kier molecular flexibility index (Phi) is 11.2. The van der Waals surface area contributed by atoms with Crippen LogP contribution in [0.1, 0.15) is 51.4 Å². The summed E-state index contributed by atoms with van der Waals surface area (Å²) >= 11 is 12.3. The standard InChI is InChI=1S/C38H47Cl2N7O4/c1-37(2,3)51-36(48)47-23-30(24-47)46-21-29(22-46)44-14-16-45(17-15-44)35-42-13-11-28(43-35)25-50-31-9-7-26(8-10-31)38(4,5)27-19-32(40)34(49-18-12-39)33(20-27)41-6/h7-11,13,19-20,29-30H,12,14-18,21-25H2,1-5H3. The Morgan fingerprint density at radius 3 is 2.25 bits per heavy atom. The fraction of sp³-hybridized carbons (Fsp3) is 0.526. The number of aromatic nitrogens is 2. The Bertz CT molecular complexity index is 1720. The van der Waals surface area contributed by atoms with Gasteiger partial charge in [0.25, 0.3) is 0 Å². The number of halogens is 2. The van der Waals surface area contributed by atoms with Gasteiger partial charge in [0.2, 0.25) is 11.6 Å². The second-order valence-electron chi connectivity index (χ2n) is 14.9. The molecule has 0 spiro atoms. The maximum Gasteiger partial charge on any atom is 0.410 e. The maximum absolute atomic E-state index is 12.3. The van der Waals surface area contributed by atoms with Gasteiger partial charge in [0.05, 0.1) is 29.8 Å². The lowest BCUT2D eigenvalue weighted by molar-refractivity contribution is -0.0584. The third-order valence-corrected chi connectivity index (χ3v) is 10.3. The largest absolute Gasteiger partial charge is 0.502 e. The van der Waals surface area contributed by atoms with E-state index in [1.54, 1.807) is 11.1 Å². The Hall–Kier alpha value is -3.82. The number of hydrogen-bond donors (Lipinski definition) is 0. The van der Waals surface area contributed by atoms with Gasteiger partial charge in [-0.3, -0.25) is 9.80 Å². The van der Waals surface area contributed by atoms with Crippen LogP contribution in [0.5, 0.6) is 11.5 Å². The molecule has 11 nitrogen and oxygen atoms in total. The lowest BCUT2D eigenvalue weighted by Crippen LogP contribution is -2.71. The van der Waals surface area contributed by atoms with Crippen molar-refractivity contribution >= 4 is 40.9 Å². The van der Waals surface area contributed by atoms with Crippen molar-refractivity contribution < 1.29 is 19.0 Å². The zero-order valence-electron chi connectivity index (χ0n) is 30.1. The molecule has 0 N–H and O–H groups in total. The van der Waals surface area contributed by atoms with Gasteiger partial charge in [0, 0.05) is 76.1 Å². The smallest absolute Gasteiger partial charge is 0.410 e. The number of ether oxygens (including phenoxy) is 3. The molecule has 1 amide bonds. The normalized spacial score (nSPS) is 17.8. The predicted octanol–water partition coefficient (Wildman–Crippen LogP) is 6.63. The van der Waals surface area contributed by atoms with Crippen LogP contribution in [-0.4, -0.2) is 113 Å². The molecule has 3 fully saturated rings. The van der Waals surface area contributed by atoms with E-state index in [1.165, 1.54) is 0 Å². The topological polar surface area (TPSA) is 87.9 Å². The van der Waals surface area contributed by atoms with Gasteiger partial charge in [-0.15, -0.1) is 11.6 Å². The van der Waals surface area contributed by atoms with E-state index in [-0.39, 0.29) is 12.7 Å². The Labute approximate surface area is 311 Å². The molecule has 51 heavy (non-hydrogen) atoms. The van der Waals surface area contributed by atoms with Crippen LogP contribution in [0, 0.1) is 6.57 Å². The number of benzene rings is 2. The highest BCUT2D eigenvalue weighted by molar-refractivity contribution is 6.32. The van der Waals surface area contributed by atoms with Gasteiger partial charge < -0.3 is 24.0 Å². The Morgan fingerprint density at radius 2 is 1.61 bits per heavy atom. The second kappa shape index (κ2) is 15.4. The summed E-state index contributed by atoms with van der Waals surface area (Å²) < 4.78 is 17.3. The summed E-state index contributed by atoms with van der Waals surface area (Å²) in [6.07, 6.45) is 1.59. The maximum atomic E-state index is 12.3. The van der Waals surface area contributed by atoms with Crippen molar-refractivity contribution in [3.05, 3.63) is 81.9 Å². The average molecular weight is 737 g/mol. The molecule has 0 saturated carbocycles. The van der Waals surface area contributed by atoms with Crippen molar-refractivity contribution in [1.29, 1.82) is 0 Å². The number of nitrogens with zero attached hydrogens (tertiary/aromatic N) is 7. The van der Waals surface area contributed by atoms with Crippen LogP contribution in [0.2, 0.25) is 5.02 Å². The van der Waals surface area contributed by atoms with Crippen LogP contribution in [0.3, 0.4) is 0 Å². The van der Waals surface area contributed by atoms with Gasteiger partial charge >= 0.3 is 6.09 Å². The first-order valence-electron chi connectivity index (χ1n) is 17.5. The van der Waals surface area contributed by atoms with Crippen LogP contribution in [-0.2, 0) is 16.8 Å². The van der Waals surface area contributed by atoms with E-state index < -0.39 is 11.0 Å². The van der Waals surface area contributed by atoms with Crippen molar-refractivity contribution in [2.45, 2.75) is 64.3 Å². The van der Waals surface area contributed by atoms with Gasteiger partial charge in [-0.05, 0) is 62.2 Å². The zero-order valence-corrected chi connectivity index (χ0v) is 31.6. The predicted molar refractivity (Wildman–Crippen MR) is 200 cm³/mol. The third kappa shape index (κ3) is 8.63. The number of carbonyl (C=O) groups is 1. The van der Waals surface area contributed by atoms with Gasteiger partial charge in [0.15, 0.2) is 0 Å². The van der Waals surface area contributed by atoms with Crippen molar-refractivity contribution in [3.63, 3.8) is 0 Å². The van der Waals surface area contributed by atoms with E-state index in [1.807, 2.05) is 63.2 Å². The van der Waals surface area contributed by atoms with Crippen molar-refractivity contribution in [2.75, 3.05) is 69.7 Å². The van der Waals surface area contributed by atoms with E-state index >= 15 is 0 Å². The minimum atomic E-state index is -0.460. The zero-order chi connectivity index (χ0) is 36.3. The summed E-state index contributed by atoms with van der Waals surface area (Å²) in [5, 5.41) is 0.396. The molecule has 272 valence electrons. The Balaban J connectivity index is 0.962. The van der Waals surface area contributed by atoms with Crippen LogP contribution >= 0.6 is 23.2 Å². The first kappa shape index (κ1) is 37.0. The number of carbonyl (C=O) groups excluding carboxylic acids is 1. The average Bonchev–Trinajstić information content (AvgIpc) is 3.06. The van der Waals surface area contributed by atoms with Gasteiger partial charge in [-0.25, -0.2) is 19.6 Å². The molecule has 2 aromatic carbocycles. The molecule has 0 atom stereocenters. The molecule has 0 bridgehead atoms. The molecule has 4 heterocycles. The summed E-state index contributed by atoms with van der Waals surface area (Å²) in [6, 6.07) is 14.6. The van der Waals surface area contributed by atoms with Crippen LogP contribution in [0.4, 0.5) is 16.4 Å². The number of likely N-dealkylation sites (tertiary alicyclic amines) is 2. The van der Waals surface area contributed by atoms with E-state index in [0.717, 1.165) is 80.9 Å². The van der Waals surface area contributed by atoms with Crippen molar-refractivity contribution in [1.82, 2.24) is 24.7 Å². The molecule has 0 unspecified atom stereocenters. The molecular formula is C38H47Cl2N7O4. The monoisotopic (exact) mass is 735 g/mol. The van der Waals surface area contributed by atoms with Gasteiger partial charge in [0.1, 0.15) is 23.7 Å². The van der Waals surface area contributed by atoms with Crippen molar-refractivity contribution in [3.8, 4) is 11.5 Å². The fourth-order valence-corrected chi connectivity index (χ4v) is 7.03. The number of piperazine rings is 1. The Morgan fingerprint density at radius 1 is 0.922 bits per heavy atom. The number of alkyl halides is 1. The number of rotatable bonds is 11. The van der Waals surface area contributed by atoms with E-state index in [4.69, 9.17) is 49.0 Å². The molecule has 3 aliphatic rings. The van der Waals surface area contributed by atoms with Crippen molar-refractivity contribution in [2.24, 2.45) is 0 Å².